The van der Waals surface area contributed by atoms with Crippen LogP contribution in [0.3, 0.4) is 0 Å². The molecule has 0 saturated carbocycles. The molecule has 1 heterocycles. The van der Waals surface area contributed by atoms with Crippen LogP contribution in [0.15, 0.2) is 12.1 Å². The molecule has 2 rings (SSSR count). The van der Waals surface area contributed by atoms with Gasteiger partial charge in [-0.25, -0.2) is 0 Å². The number of phenolic OH excluding ortho intramolecular Hbond substituents is 1. The molecule has 1 aromatic rings. The van der Waals surface area contributed by atoms with Gasteiger partial charge >= 0.3 is 5.97 Å². The fourth-order valence-electron chi connectivity index (χ4n) is 1.36. The van der Waals surface area contributed by atoms with Crippen molar-refractivity contribution in [3.63, 3.8) is 0 Å². The van der Waals surface area contributed by atoms with Crippen LogP contribution in [0, 0.1) is 0 Å². The first-order valence-corrected chi connectivity index (χ1v) is 3.81. The first-order valence-electron chi connectivity index (χ1n) is 3.81. The molecule has 1 aliphatic rings. The normalized spacial score (nSPS) is 13.8. The van der Waals surface area contributed by atoms with Crippen LogP contribution >= 0.6 is 0 Å². The van der Waals surface area contributed by atoms with Crippen molar-refractivity contribution in [2.75, 3.05) is 7.11 Å². The zero-order valence-electron chi connectivity index (χ0n) is 7.03. The maximum Gasteiger partial charge on any atom is 0.315 e. The Labute approximate surface area is 74.7 Å². The fraction of sp³-hybridized carbons (Fsp3) is 0.222. The summed E-state index contributed by atoms with van der Waals surface area (Å²) < 4.78 is 9.85. The van der Waals surface area contributed by atoms with Crippen LogP contribution in [0.4, 0.5) is 0 Å². The summed E-state index contributed by atoms with van der Waals surface area (Å²) in [6.07, 6.45) is 0.207. The van der Waals surface area contributed by atoms with Crippen molar-refractivity contribution in [1.82, 2.24) is 0 Å². The second kappa shape index (κ2) is 2.65. The number of hydrogen-bond donors (Lipinski definition) is 1. The van der Waals surface area contributed by atoms with Gasteiger partial charge in [0.1, 0.15) is 17.2 Å². The molecule has 0 aliphatic carbocycles. The number of rotatable bonds is 1. The topological polar surface area (TPSA) is 55.8 Å². The van der Waals surface area contributed by atoms with E-state index in [1.807, 2.05) is 0 Å². The van der Waals surface area contributed by atoms with E-state index < -0.39 is 0 Å². The van der Waals surface area contributed by atoms with Crippen LogP contribution in [-0.2, 0) is 11.2 Å². The number of fused-ring (bicyclic) bond motifs is 1. The molecule has 0 saturated heterocycles. The predicted molar refractivity (Wildman–Crippen MR) is 44.0 cm³/mol. The van der Waals surface area contributed by atoms with E-state index in [9.17, 15) is 9.90 Å². The third kappa shape index (κ3) is 1.20. The molecule has 4 heteroatoms. The number of carbonyl (C=O) groups is 1. The van der Waals surface area contributed by atoms with E-state index in [2.05, 4.69) is 0 Å². The van der Waals surface area contributed by atoms with Gasteiger partial charge in [0, 0.05) is 17.7 Å². The molecular weight excluding hydrogens is 172 g/mol. The zero-order valence-corrected chi connectivity index (χ0v) is 7.03. The van der Waals surface area contributed by atoms with Crippen LogP contribution < -0.4 is 9.47 Å². The lowest BCUT2D eigenvalue weighted by Crippen LogP contribution is -2.00. The average Bonchev–Trinajstić information content (AvgIpc) is 2.43. The number of phenols is 1. The van der Waals surface area contributed by atoms with Crippen LogP contribution in [-0.4, -0.2) is 18.2 Å². The van der Waals surface area contributed by atoms with E-state index in [0.717, 1.165) is 0 Å². The first kappa shape index (κ1) is 7.91. The maximum atomic E-state index is 10.9. The van der Waals surface area contributed by atoms with E-state index in [1.54, 1.807) is 0 Å². The van der Waals surface area contributed by atoms with Crippen molar-refractivity contribution in [3.05, 3.63) is 17.7 Å². The van der Waals surface area contributed by atoms with Crippen molar-refractivity contribution in [3.8, 4) is 17.2 Å². The third-order valence-electron chi connectivity index (χ3n) is 1.92. The van der Waals surface area contributed by atoms with Crippen molar-refractivity contribution in [2.24, 2.45) is 0 Å². The maximum absolute atomic E-state index is 10.9. The Morgan fingerprint density at radius 1 is 1.54 bits per heavy atom. The Morgan fingerprint density at radius 3 is 3.00 bits per heavy atom. The summed E-state index contributed by atoms with van der Waals surface area (Å²) in [6, 6.07) is 2.86. The third-order valence-corrected chi connectivity index (χ3v) is 1.92. The molecule has 0 aromatic heterocycles. The number of methoxy groups -OCH3 is 1. The van der Waals surface area contributed by atoms with Gasteiger partial charge in [-0.1, -0.05) is 0 Å². The van der Waals surface area contributed by atoms with Crippen LogP contribution in [0.1, 0.15) is 5.56 Å². The molecule has 1 aliphatic heterocycles. The molecule has 0 atom stereocenters. The SMILES string of the molecule is COc1cc(O)cc2c1CC(=O)O2. The highest BCUT2D eigenvalue weighted by molar-refractivity contribution is 5.82. The number of carbonyl (C=O) groups excluding carboxylic acids is 1. The largest absolute Gasteiger partial charge is 0.508 e. The first-order chi connectivity index (χ1) is 6.20. The molecule has 0 fully saturated rings. The Morgan fingerprint density at radius 2 is 2.31 bits per heavy atom. The van der Waals surface area contributed by atoms with Gasteiger partial charge in [0.25, 0.3) is 0 Å². The van der Waals surface area contributed by atoms with Gasteiger partial charge < -0.3 is 14.6 Å². The average molecular weight is 180 g/mol. The number of esters is 1. The molecule has 4 nitrogen and oxygen atoms in total. The molecule has 68 valence electrons. The minimum absolute atomic E-state index is 0.0327. The fourth-order valence-corrected chi connectivity index (χ4v) is 1.36. The van der Waals surface area contributed by atoms with Gasteiger partial charge in [-0.2, -0.15) is 0 Å². The Kier molecular flexibility index (Phi) is 1.62. The summed E-state index contributed by atoms with van der Waals surface area (Å²) in [5, 5.41) is 9.22. The highest BCUT2D eigenvalue weighted by Crippen LogP contribution is 2.37. The molecule has 0 radical (unpaired) electrons. The van der Waals surface area contributed by atoms with Gasteiger partial charge in [0.2, 0.25) is 0 Å². The zero-order chi connectivity index (χ0) is 9.42. The van der Waals surface area contributed by atoms with Gasteiger partial charge in [-0.3, -0.25) is 4.79 Å². The number of benzene rings is 1. The summed E-state index contributed by atoms with van der Waals surface area (Å²) in [5.74, 6) is 0.590. The molecule has 0 amide bonds. The molecule has 1 N–H and O–H groups in total. The second-order valence-electron chi connectivity index (χ2n) is 2.78. The van der Waals surface area contributed by atoms with Gasteiger partial charge in [-0.15, -0.1) is 0 Å². The van der Waals surface area contributed by atoms with E-state index in [4.69, 9.17) is 9.47 Å². The van der Waals surface area contributed by atoms with Gasteiger partial charge in [-0.05, 0) is 0 Å². The monoisotopic (exact) mass is 180 g/mol. The van der Waals surface area contributed by atoms with Crippen molar-refractivity contribution in [1.29, 1.82) is 0 Å². The van der Waals surface area contributed by atoms with Gasteiger partial charge in [0.15, 0.2) is 0 Å². The summed E-state index contributed by atoms with van der Waals surface area (Å²) in [6.45, 7) is 0. The van der Waals surface area contributed by atoms with Crippen molar-refractivity contribution < 1.29 is 19.4 Å². The molecule has 0 unspecified atom stereocenters. The van der Waals surface area contributed by atoms with E-state index in [1.165, 1.54) is 19.2 Å². The Hall–Kier alpha value is -1.71. The molecule has 0 bridgehead atoms. The highest BCUT2D eigenvalue weighted by Gasteiger charge is 2.24. The van der Waals surface area contributed by atoms with Crippen molar-refractivity contribution in [2.45, 2.75) is 6.42 Å². The Bertz CT molecular complexity index is 370. The molecule has 1 aromatic carbocycles. The number of aromatic hydroxyl groups is 1. The quantitative estimate of drug-likeness (QED) is 0.514. The number of hydrogen-bond acceptors (Lipinski definition) is 4. The molecule has 0 spiro atoms. The summed E-state index contributed by atoms with van der Waals surface area (Å²) in [4.78, 5) is 10.9. The minimum Gasteiger partial charge on any atom is -0.508 e. The smallest absolute Gasteiger partial charge is 0.315 e. The lowest BCUT2D eigenvalue weighted by Gasteiger charge is -2.04. The summed E-state index contributed by atoms with van der Waals surface area (Å²) in [5.41, 5.74) is 0.699. The lowest BCUT2D eigenvalue weighted by molar-refractivity contribution is -0.131. The van der Waals surface area contributed by atoms with E-state index >= 15 is 0 Å². The van der Waals surface area contributed by atoms with Crippen LogP contribution in [0.25, 0.3) is 0 Å². The predicted octanol–water partition coefficient (Wildman–Crippen LogP) is 0.862. The summed E-state index contributed by atoms with van der Waals surface area (Å²) >= 11 is 0. The van der Waals surface area contributed by atoms with E-state index in [-0.39, 0.29) is 18.1 Å². The standard InChI is InChI=1S/C9H8O4/c1-12-7-2-5(10)3-8-6(7)4-9(11)13-8/h2-3,10H,4H2,1H3. The summed E-state index contributed by atoms with van der Waals surface area (Å²) in [7, 11) is 1.48. The lowest BCUT2D eigenvalue weighted by atomic mass is 10.1. The second-order valence-corrected chi connectivity index (χ2v) is 2.78. The van der Waals surface area contributed by atoms with Gasteiger partial charge in [0.05, 0.1) is 13.5 Å². The number of ether oxygens (including phenoxy) is 2. The van der Waals surface area contributed by atoms with Crippen LogP contribution in [0.5, 0.6) is 17.2 Å². The van der Waals surface area contributed by atoms with Crippen LogP contribution in [0.2, 0.25) is 0 Å². The minimum atomic E-state index is -0.320. The highest BCUT2D eigenvalue weighted by atomic mass is 16.5. The molecule has 13 heavy (non-hydrogen) atoms. The Balaban J connectivity index is 2.56. The van der Waals surface area contributed by atoms with Crippen molar-refractivity contribution >= 4 is 5.97 Å². The van der Waals surface area contributed by atoms with E-state index in [0.29, 0.717) is 17.1 Å². The molecular formula is C9H8O4.